The summed E-state index contributed by atoms with van der Waals surface area (Å²) in [4.78, 5) is 11.7. The van der Waals surface area contributed by atoms with E-state index in [0.29, 0.717) is 0 Å². The lowest BCUT2D eigenvalue weighted by Gasteiger charge is -2.37. The van der Waals surface area contributed by atoms with Crippen LogP contribution in [0.4, 0.5) is 0 Å². The van der Waals surface area contributed by atoms with Crippen molar-refractivity contribution in [2.24, 2.45) is 0 Å². The molecule has 1 rings (SSSR count). The van der Waals surface area contributed by atoms with Gasteiger partial charge in [-0.25, -0.2) is 0 Å². The molecule has 0 saturated carbocycles. The van der Waals surface area contributed by atoms with Crippen molar-refractivity contribution in [1.29, 1.82) is 0 Å². The van der Waals surface area contributed by atoms with Gasteiger partial charge in [0.2, 0.25) is 0 Å². The van der Waals surface area contributed by atoms with Gasteiger partial charge in [-0.15, -0.1) is 0 Å². The number of rotatable bonds is 2. The molecule has 0 atom stereocenters. The molecule has 0 radical (unpaired) electrons. The van der Waals surface area contributed by atoms with Crippen LogP contribution < -0.4 is 5.32 Å². The number of carbonyl (C=O) groups excluding carboxylic acids is 1. The minimum Gasteiger partial charge on any atom is -0.388 e. The van der Waals surface area contributed by atoms with Crippen molar-refractivity contribution in [2.75, 3.05) is 0 Å². The summed E-state index contributed by atoms with van der Waals surface area (Å²) in [6.07, 6.45) is 0. The van der Waals surface area contributed by atoms with Crippen molar-refractivity contribution in [3.05, 3.63) is 35.9 Å². The van der Waals surface area contributed by atoms with E-state index in [-0.39, 0.29) is 0 Å². The first-order valence-corrected chi connectivity index (χ1v) is 5.84. The summed E-state index contributed by atoms with van der Waals surface area (Å²) in [6.45, 7) is 6.82. The van der Waals surface area contributed by atoms with Gasteiger partial charge in [0.25, 0.3) is 5.91 Å². The molecule has 1 aromatic rings. The molecule has 0 spiro atoms. The van der Waals surface area contributed by atoms with Crippen molar-refractivity contribution >= 4 is 5.91 Å². The first-order chi connectivity index (χ1) is 8.22. The fourth-order valence-electron chi connectivity index (χ4n) is 1.12. The van der Waals surface area contributed by atoms with Gasteiger partial charge >= 0.3 is 0 Å². The second-order valence-electron chi connectivity index (χ2n) is 5.25. The van der Waals surface area contributed by atoms with Crippen LogP contribution >= 0.6 is 0 Å². The lowest BCUT2D eigenvalue weighted by molar-refractivity contribution is -0.120. The molecule has 0 aromatic heterocycles. The minimum atomic E-state index is -1.02. The summed E-state index contributed by atoms with van der Waals surface area (Å²) >= 11 is 0. The predicted octanol–water partition coefficient (Wildman–Crippen LogP) is 1.70. The average molecular weight is 245 g/mol. The van der Waals surface area contributed by atoms with Crippen LogP contribution in [0.25, 0.3) is 0 Å². The molecule has 0 bridgehead atoms. The van der Waals surface area contributed by atoms with Gasteiger partial charge in [0.05, 0.1) is 11.1 Å². The van der Waals surface area contributed by atoms with Crippen molar-refractivity contribution in [3.8, 4) is 11.8 Å². The fraction of sp³-hybridized carbons (Fsp3) is 0.400. The Labute approximate surface area is 108 Å². The highest BCUT2D eigenvalue weighted by Crippen LogP contribution is 2.20. The number of carbonyl (C=O) groups is 1. The molecule has 0 fully saturated rings. The fourth-order valence-corrected chi connectivity index (χ4v) is 1.12. The van der Waals surface area contributed by atoms with E-state index in [9.17, 15) is 9.90 Å². The molecule has 96 valence electrons. The lowest BCUT2D eigenvalue weighted by atomic mass is 9.86. The quantitative estimate of drug-likeness (QED) is 0.779. The van der Waals surface area contributed by atoms with E-state index >= 15 is 0 Å². The third-order valence-electron chi connectivity index (χ3n) is 3.05. The lowest BCUT2D eigenvalue weighted by Crippen LogP contribution is -2.57. The van der Waals surface area contributed by atoms with Crippen molar-refractivity contribution in [3.63, 3.8) is 0 Å². The van der Waals surface area contributed by atoms with E-state index in [1.165, 1.54) is 0 Å². The zero-order valence-electron chi connectivity index (χ0n) is 11.2. The molecule has 0 aliphatic carbocycles. The number of nitrogens with one attached hydrogen (secondary N) is 1. The zero-order chi connectivity index (χ0) is 13.8. The van der Waals surface area contributed by atoms with Crippen LogP contribution in [-0.2, 0) is 4.79 Å². The molecule has 3 nitrogen and oxygen atoms in total. The maximum absolute atomic E-state index is 11.7. The van der Waals surface area contributed by atoms with Gasteiger partial charge in [0, 0.05) is 11.5 Å². The minimum absolute atomic E-state index is 0.397. The highest BCUT2D eigenvalue weighted by molar-refractivity contribution is 5.94. The number of hydrogen-bond acceptors (Lipinski definition) is 2. The largest absolute Gasteiger partial charge is 0.388 e. The molecule has 1 amide bonds. The molecule has 0 aliphatic rings. The Morgan fingerprint density at radius 1 is 1.17 bits per heavy atom. The molecular weight excluding hydrogens is 226 g/mol. The van der Waals surface area contributed by atoms with Crippen LogP contribution in [0.2, 0.25) is 0 Å². The number of amides is 1. The van der Waals surface area contributed by atoms with Crippen molar-refractivity contribution in [2.45, 2.75) is 38.8 Å². The summed E-state index contributed by atoms with van der Waals surface area (Å²) in [6, 6.07) is 9.29. The first kappa shape index (κ1) is 14.3. The number of aliphatic hydroxyl groups is 1. The van der Waals surface area contributed by atoms with Gasteiger partial charge in [-0.05, 0) is 39.8 Å². The third-order valence-corrected chi connectivity index (χ3v) is 3.05. The SMILES string of the molecule is CC(C)(O)C(C)(C)NC(=O)C#Cc1ccccc1. The molecule has 0 heterocycles. The summed E-state index contributed by atoms with van der Waals surface area (Å²) in [5, 5.41) is 12.6. The summed E-state index contributed by atoms with van der Waals surface area (Å²) in [7, 11) is 0. The molecule has 0 saturated heterocycles. The molecule has 1 aromatic carbocycles. The standard InChI is InChI=1S/C15H19NO2/c1-14(2,15(3,4)18)16-13(17)11-10-12-8-6-5-7-9-12/h5-9,18H,1-4H3,(H,16,17). The number of benzene rings is 1. The molecular formula is C15H19NO2. The Bertz CT molecular complexity index is 473. The van der Waals surface area contributed by atoms with E-state index < -0.39 is 17.0 Å². The normalized spacial score (nSPS) is 11.4. The van der Waals surface area contributed by atoms with Gasteiger partial charge in [-0.3, -0.25) is 4.79 Å². The molecule has 0 unspecified atom stereocenters. The van der Waals surface area contributed by atoms with Gasteiger partial charge < -0.3 is 10.4 Å². The highest BCUT2D eigenvalue weighted by Gasteiger charge is 2.35. The first-order valence-electron chi connectivity index (χ1n) is 5.84. The van der Waals surface area contributed by atoms with Crippen LogP contribution in [0.1, 0.15) is 33.3 Å². The molecule has 3 heteroatoms. The van der Waals surface area contributed by atoms with Crippen LogP contribution in [0.15, 0.2) is 30.3 Å². The smallest absolute Gasteiger partial charge is 0.296 e. The topological polar surface area (TPSA) is 49.3 Å². The van der Waals surface area contributed by atoms with Gasteiger partial charge in [-0.2, -0.15) is 0 Å². The third kappa shape index (κ3) is 3.90. The van der Waals surface area contributed by atoms with Gasteiger partial charge in [0.1, 0.15) is 0 Å². The van der Waals surface area contributed by atoms with Crippen LogP contribution in [0.3, 0.4) is 0 Å². The summed E-state index contributed by atoms with van der Waals surface area (Å²) in [5.41, 5.74) is -0.972. The second-order valence-corrected chi connectivity index (χ2v) is 5.25. The summed E-state index contributed by atoms with van der Waals surface area (Å²) in [5.74, 6) is 4.89. The summed E-state index contributed by atoms with van der Waals surface area (Å²) < 4.78 is 0. The van der Waals surface area contributed by atoms with E-state index in [2.05, 4.69) is 17.2 Å². The van der Waals surface area contributed by atoms with Crippen molar-refractivity contribution in [1.82, 2.24) is 5.32 Å². The van der Waals surface area contributed by atoms with E-state index in [4.69, 9.17) is 0 Å². The second kappa shape index (κ2) is 5.24. The predicted molar refractivity (Wildman–Crippen MR) is 71.8 cm³/mol. The molecule has 18 heavy (non-hydrogen) atoms. The van der Waals surface area contributed by atoms with E-state index in [1.807, 2.05) is 30.3 Å². The maximum atomic E-state index is 11.7. The Kier molecular flexibility index (Phi) is 4.15. The van der Waals surface area contributed by atoms with E-state index in [1.54, 1.807) is 27.7 Å². The maximum Gasteiger partial charge on any atom is 0.296 e. The average Bonchev–Trinajstić information content (AvgIpc) is 2.26. The van der Waals surface area contributed by atoms with Gasteiger partial charge in [0.15, 0.2) is 0 Å². The zero-order valence-corrected chi connectivity index (χ0v) is 11.2. The van der Waals surface area contributed by atoms with Crippen LogP contribution in [0, 0.1) is 11.8 Å². The Balaban J connectivity index is 2.72. The van der Waals surface area contributed by atoms with Crippen LogP contribution in [0.5, 0.6) is 0 Å². The van der Waals surface area contributed by atoms with E-state index in [0.717, 1.165) is 5.56 Å². The monoisotopic (exact) mass is 245 g/mol. The highest BCUT2D eigenvalue weighted by atomic mass is 16.3. The number of hydrogen-bond donors (Lipinski definition) is 2. The molecule has 0 aliphatic heterocycles. The Hall–Kier alpha value is -1.79. The van der Waals surface area contributed by atoms with Gasteiger partial charge in [-0.1, -0.05) is 24.1 Å². The van der Waals surface area contributed by atoms with Crippen molar-refractivity contribution < 1.29 is 9.90 Å². The Morgan fingerprint density at radius 2 is 1.72 bits per heavy atom. The molecule has 2 N–H and O–H groups in total. The van der Waals surface area contributed by atoms with Crippen LogP contribution in [-0.4, -0.2) is 22.2 Å². The Morgan fingerprint density at radius 3 is 2.22 bits per heavy atom.